The molecule has 1 saturated heterocycles. The molecule has 0 N–H and O–H groups in total. The van der Waals surface area contributed by atoms with Gasteiger partial charge in [-0.25, -0.2) is 8.78 Å². The summed E-state index contributed by atoms with van der Waals surface area (Å²) in [5, 5.41) is 11.0. The van der Waals surface area contributed by atoms with Crippen molar-refractivity contribution < 1.29 is 23.1 Å². The Morgan fingerprint density at radius 1 is 0.840 bits per heavy atom. The lowest BCUT2D eigenvalue weighted by Crippen LogP contribution is -2.50. The molecule has 1 aliphatic rings. The van der Waals surface area contributed by atoms with E-state index in [1.807, 2.05) is 0 Å². The van der Waals surface area contributed by atoms with Crippen LogP contribution in [0.25, 0.3) is 0 Å². The summed E-state index contributed by atoms with van der Waals surface area (Å²) in [6.07, 6.45) is 2.49. The van der Waals surface area contributed by atoms with Gasteiger partial charge >= 0.3 is 0 Å². The number of hydrogen-bond donors (Lipinski definition) is 0. The summed E-state index contributed by atoms with van der Waals surface area (Å²) in [5.74, 6) is -2.70. The van der Waals surface area contributed by atoms with Crippen molar-refractivity contribution in [3.8, 4) is 0 Å². The van der Waals surface area contributed by atoms with E-state index >= 15 is 0 Å². The largest absolute Gasteiger partial charge is 0.619 e. The van der Waals surface area contributed by atoms with Crippen LogP contribution in [-0.2, 0) is 0 Å². The maximum absolute atomic E-state index is 13.3. The standard InChI is InChI=1S/C17H15F2N3O3/c18-14-2-1-13(11-15(14)19)17(24)21-9-7-20(8-10-21)16(23)12-3-5-22(25)6-4-12/h1-6,11H,7-10H2. The van der Waals surface area contributed by atoms with Crippen LogP contribution in [-0.4, -0.2) is 47.8 Å². The molecule has 130 valence electrons. The van der Waals surface area contributed by atoms with Gasteiger partial charge in [-0.15, -0.1) is 0 Å². The molecule has 1 aromatic heterocycles. The Bertz CT molecular complexity index is 803. The molecule has 0 unspecified atom stereocenters. The second-order valence-corrected chi connectivity index (χ2v) is 5.66. The molecular formula is C17H15F2N3O3. The number of aromatic nitrogens is 1. The van der Waals surface area contributed by atoms with Gasteiger partial charge < -0.3 is 15.0 Å². The normalized spacial score (nSPS) is 14.5. The second-order valence-electron chi connectivity index (χ2n) is 5.66. The monoisotopic (exact) mass is 347 g/mol. The lowest BCUT2D eigenvalue weighted by Gasteiger charge is -2.34. The van der Waals surface area contributed by atoms with Gasteiger partial charge in [0.15, 0.2) is 24.0 Å². The maximum Gasteiger partial charge on any atom is 0.254 e. The summed E-state index contributed by atoms with van der Waals surface area (Å²) in [4.78, 5) is 27.8. The molecule has 0 saturated carbocycles. The van der Waals surface area contributed by atoms with Crippen LogP contribution < -0.4 is 4.73 Å². The van der Waals surface area contributed by atoms with E-state index in [1.54, 1.807) is 4.90 Å². The van der Waals surface area contributed by atoms with Gasteiger partial charge in [0, 0.05) is 43.9 Å². The van der Waals surface area contributed by atoms with Gasteiger partial charge in [0.2, 0.25) is 0 Å². The van der Waals surface area contributed by atoms with Crippen molar-refractivity contribution in [1.82, 2.24) is 9.80 Å². The van der Waals surface area contributed by atoms with Gasteiger partial charge in [0.25, 0.3) is 11.8 Å². The smallest absolute Gasteiger partial charge is 0.254 e. The number of pyridine rings is 1. The van der Waals surface area contributed by atoms with Crippen LogP contribution in [0.1, 0.15) is 20.7 Å². The molecule has 1 aliphatic heterocycles. The average molecular weight is 347 g/mol. The molecule has 2 heterocycles. The lowest BCUT2D eigenvalue weighted by molar-refractivity contribution is -0.605. The van der Waals surface area contributed by atoms with Gasteiger partial charge in [-0.2, -0.15) is 4.73 Å². The van der Waals surface area contributed by atoms with E-state index in [1.165, 1.54) is 35.5 Å². The number of rotatable bonds is 2. The van der Waals surface area contributed by atoms with Crippen LogP contribution in [0, 0.1) is 16.8 Å². The van der Waals surface area contributed by atoms with Crippen molar-refractivity contribution in [3.05, 3.63) is 70.7 Å². The number of hydrogen-bond acceptors (Lipinski definition) is 3. The summed E-state index contributed by atoms with van der Waals surface area (Å²) in [5.41, 5.74) is 0.467. The minimum atomic E-state index is -1.07. The first-order valence-electron chi connectivity index (χ1n) is 7.68. The summed E-state index contributed by atoms with van der Waals surface area (Å²) < 4.78 is 26.8. The lowest BCUT2D eigenvalue weighted by atomic mass is 10.1. The Morgan fingerprint density at radius 3 is 1.88 bits per heavy atom. The molecule has 0 spiro atoms. The van der Waals surface area contributed by atoms with Crippen LogP contribution >= 0.6 is 0 Å². The predicted molar refractivity (Wildman–Crippen MR) is 83.6 cm³/mol. The zero-order valence-corrected chi connectivity index (χ0v) is 13.2. The number of benzene rings is 1. The third kappa shape index (κ3) is 3.57. The molecule has 0 aliphatic carbocycles. The summed E-state index contributed by atoms with van der Waals surface area (Å²) in [7, 11) is 0. The Hall–Kier alpha value is -3.03. The third-order valence-corrected chi connectivity index (χ3v) is 4.07. The number of nitrogens with zero attached hydrogens (tertiary/aromatic N) is 3. The van der Waals surface area contributed by atoms with Gasteiger partial charge in [-0.3, -0.25) is 9.59 Å². The Labute approximate surface area is 142 Å². The summed E-state index contributed by atoms with van der Waals surface area (Å²) >= 11 is 0. The van der Waals surface area contributed by atoms with Crippen molar-refractivity contribution in [1.29, 1.82) is 0 Å². The first-order valence-corrected chi connectivity index (χ1v) is 7.68. The number of carbonyl (C=O) groups excluding carboxylic acids is 2. The van der Waals surface area contributed by atoms with Crippen molar-refractivity contribution >= 4 is 11.8 Å². The highest BCUT2D eigenvalue weighted by molar-refractivity contribution is 5.95. The number of halogens is 2. The molecule has 8 heteroatoms. The van der Waals surface area contributed by atoms with Crippen molar-refractivity contribution in [2.45, 2.75) is 0 Å². The molecule has 0 radical (unpaired) electrons. The van der Waals surface area contributed by atoms with E-state index in [-0.39, 0.29) is 24.6 Å². The van der Waals surface area contributed by atoms with E-state index in [2.05, 4.69) is 0 Å². The van der Waals surface area contributed by atoms with Gasteiger partial charge in [0.1, 0.15) is 0 Å². The minimum Gasteiger partial charge on any atom is -0.619 e. The Morgan fingerprint density at radius 2 is 1.36 bits per heavy atom. The van der Waals surface area contributed by atoms with Crippen LogP contribution in [0.5, 0.6) is 0 Å². The van der Waals surface area contributed by atoms with Crippen molar-refractivity contribution in [3.63, 3.8) is 0 Å². The van der Waals surface area contributed by atoms with Crippen LogP contribution in [0.4, 0.5) is 8.78 Å². The fourth-order valence-electron chi connectivity index (χ4n) is 2.66. The molecule has 2 aromatic rings. The molecule has 2 amide bonds. The topological polar surface area (TPSA) is 67.6 Å². The molecule has 25 heavy (non-hydrogen) atoms. The Balaban J connectivity index is 1.63. The fraction of sp³-hybridized carbons (Fsp3) is 0.235. The third-order valence-electron chi connectivity index (χ3n) is 4.07. The fourth-order valence-corrected chi connectivity index (χ4v) is 2.66. The second kappa shape index (κ2) is 6.84. The van der Waals surface area contributed by atoms with E-state index in [4.69, 9.17) is 0 Å². The van der Waals surface area contributed by atoms with E-state index in [0.29, 0.717) is 23.4 Å². The van der Waals surface area contributed by atoms with E-state index in [9.17, 15) is 23.6 Å². The summed E-state index contributed by atoms with van der Waals surface area (Å²) in [6, 6.07) is 5.90. The Kier molecular flexibility index (Phi) is 4.60. The highest BCUT2D eigenvalue weighted by Crippen LogP contribution is 2.14. The van der Waals surface area contributed by atoms with Crippen LogP contribution in [0.2, 0.25) is 0 Å². The molecule has 0 bridgehead atoms. The maximum atomic E-state index is 13.3. The zero-order chi connectivity index (χ0) is 18.0. The minimum absolute atomic E-state index is 0.0711. The quantitative estimate of drug-likeness (QED) is 0.606. The molecule has 1 fully saturated rings. The molecule has 3 rings (SSSR count). The van der Waals surface area contributed by atoms with Crippen LogP contribution in [0.3, 0.4) is 0 Å². The highest BCUT2D eigenvalue weighted by atomic mass is 19.2. The molecular weight excluding hydrogens is 332 g/mol. The zero-order valence-electron chi connectivity index (χ0n) is 13.2. The number of carbonyl (C=O) groups is 2. The SMILES string of the molecule is O=C(c1cc[n+]([O-])cc1)N1CCN(C(=O)c2ccc(F)c(F)c2)CC1. The van der Waals surface area contributed by atoms with Gasteiger partial charge in [-0.05, 0) is 18.2 Å². The van der Waals surface area contributed by atoms with Crippen molar-refractivity contribution in [2.24, 2.45) is 0 Å². The molecule has 1 aromatic carbocycles. The van der Waals surface area contributed by atoms with Gasteiger partial charge in [-0.1, -0.05) is 0 Å². The first kappa shape index (κ1) is 16.8. The highest BCUT2D eigenvalue weighted by Gasteiger charge is 2.26. The first-order chi connectivity index (χ1) is 12.0. The van der Waals surface area contributed by atoms with Gasteiger partial charge in [0.05, 0.1) is 5.56 Å². The molecule has 6 nitrogen and oxygen atoms in total. The molecule has 0 atom stereocenters. The van der Waals surface area contributed by atoms with Crippen molar-refractivity contribution in [2.75, 3.05) is 26.2 Å². The summed E-state index contributed by atoms with van der Waals surface area (Å²) in [6.45, 7) is 1.22. The number of amides is 2. The van der Waals surface area contributed by atoms with E-state index in [0.717, 1.165) is 12.1 Å². The predicted octanol–water partition coefficient (Wildman–Crippen LogP) is 1.20. The number of piperazine rings is 1. The average Bonchev–Trinajstić information content (AvgIpc) is 2.63. The van der Waals surface area contributed by atoms with E-state index < -0.39 is 17.5 Å². The van der Waals surface area contributed by atoms with Crippen LogP contribution in [0.15, 0.2) is 42.7 Å².